The lowest BCUT2D eigenvalue weighted by molar-refractivity contribution is -0.141. The molecule has 1 heterocycles. The maximum absolute atomic E-state index is 12.4. The molecule has 0 aliphatic rings. The zero-order valence-electron chi connectivity index (χ0n) is 8.80. The van der Waals surface area contributed by atoms with E-state index in [4.69, 9.17) is 4.74 Å². The van der Waals surface area contributed by atoms with E-state index < -0.39 is 11.9 Å². The third-order valence-electron chi connectivity index (χ3n) is 1.77. The zero-order valence-corrected chi connectivity index (χ0v) is 8.80. The Morgan fingerprint density at radius 3 is 2.47 bits per heavy atom. The molecular weight excluding hydrogens is 209 g/mol. The summed E-state index contributed by atoms with van der Waals surface area (Å²) in [4.78, 5) is 0. The Bertz CT molecular complexity index is 331. The van der Waals surface area contributed by atoms with Crippen molar-refractivity contribution in [3.63, 3.8) is 0 Å². The number of hydrogen-bond donors (Lipinski definition) is 0. The minimum absolute atomic E-state index is 0.153. The molecule has 0 unspecified atom stereocenters. The lowest BCUT2D eigenvalue weighted by atomic mass is 10.4. The van der Waals surface area contributed by atoms with E-state index in [0.29, 0.717) is 6.61 Å². The molecule has 1 rings (SSSR count). The van der Waals surface area contributed by atoms with Crippen LogP contribution in [0.3, 0.4) is 0 Å². The van der Waals surface area contributed by atoms with E-state index in [9.17, 15) is 13.2 Å². The van der Waals surface area contributed by atoms with Crippen LogP contribution >= 0.6 is 0 Å². The second kappa shape index (κ2) is 4.12. The number of rotatable bonds is 3. The van der Waals surface area contributed by atoms with Crippen LogP contribution in [0.15, 0.2) is 6.07 Å². The molecule has 0 amide bonds. The average molecular weight is 222 g/mol. The van der Waals surface area contributed by atoms with Crippen LogP contribution in [-0.4, -0.2) is 16.4 Å². The molecule has 3 nitrogen and oxygen atoms in total. The topological polar surface area (TPSA) is 27.1 Å². The van der Waals surface area contributed by atoms with Crippen LogP contribution in [0, 0.1) is 0 Å². The summed E-state index contributed by atoms with van der Waals surface area (Å²) in [6.45, 7) is 5.52. The van der Waals surface area contributed by atoms with Gasteiger partial charge in [0.05, 0.1) is 12.6 Å². The van der Waals surface area contributed by atoms with Crippen molar-refractivity contribution in [3.05, 3.63) is 11.8 Å². The van der Waals surface area contributed by atoms with Gasteiger partial charge in [-0.15, -0.1) is 0 Å². The first-order chi connectivity index (χ1) is 6.86. The summed E-state index contributed by atoms with van der Waals surface area (Å²) in [6.07, 6.45) is -4.42. The van der Waals surface area contributed by atoms with Gasteiger partial charge in [-0.25, -0.2) is 4.68 Å². The highest BCUT2D eigenvalue weighted by Gasteiger charge is 2.35. The molecule has 1 aromatic heterocycles. The van der Waals surface area contributed by atoms with Crippen LogP contribution in [-0.2, 0) is 6.18 Å². The number of hydrogen-bond acceptors (Lipinski definition) is 2. The monoisotopic (exact) mass is 222 g/mol. The summed E-state index contributed by atoms with van der Waals surface area (Å²) in [5.41, 5.74) is -0.917. The Labute approximate surface area is 85.8 Å². The first kappa shape index (κ1) is 11.9. The third-order valence-corrected chi connectivity index (χ3v) is 1.77. The number of alkyl halides is 3. The largest absolute Gasteiger partial charge is 0.478 e. The predicted molar refractivity (Wildman–Crippen MR) is 48.8 cm³/mol. The molecule has 0 radical (unpaired) electrons. The summed E-state index contributed by atoms with van der Waals surface area (Å²) in [5.74, 6) is 0.153. The van der Waals surface area contributed by atoms with E-state index in [-0.39, 0.29) is 11.9 Å². The summed E-state index contributed by atoms with van der Waals surface area (Å²) in [5, 5.41) is 3.47. The Kier molecular flexibility index (Phi) is 3.26. The van der Waals surface area contributed by atoms with Crippen LogP contribution in [0.25, 0.3) is 0 Å². The molecule has 0 spiro atoms. The molecule has 0 aromatic carbocycles. The van der Waals surface area contributed by atoms with E-state index in [1.165, 1.54) is 4.68 Å². The van der Waals surface area contributed by atoms with Gasteiger partial charge < -0.3 is 4.74 Å². The normalized spacial score (nSPS) is 12.2. The van der Waals surface area contributed by atoms with Gasteiger partial charge >= 0.3 is 6.18 Å². The highest BCUT2D eigenvalue weighted by atomic mass is 19.4. The van der Waals surface area contributed by atoms with Crippen molar-refractivity contribution in [2.24, 2.45) is 0 Å². The molecule has 0 bridgehead atoms. The molecule has 0 saturated carbocycles. The summed E-state index contributed by atoms with van der Waals surface area (Å²) in [7, 11) is 0. The van der Waals surface area contributed by atoms with Crippen molar-refractivity contribution in [2.75, 3.05) is 6.61 Å². The van der Waals surface area contributed by atoms with Crippen LogP contribution in [0.4, 0.5) is 13.2 Å². The minimum Gasteiger partial charge on any atom is -0.478 e. The maximum Gasteiger partial charge on any atom is 0.435 e. The van der Waals surface area contributed by atoms with Crippen LogP contribution in [0.1, 0.15) is 32.5 Å². The van der Waals surface area contributed by atoms with Gasteiger partial charge in [-0.05, 0) is 20.8 Å². The lowest BCUT2D eigenvalue weighted by Crippen LogP contribution is -2.10. The number of aromatic nitrogens is 2. The summed E-state index contributed by atoms with van der Waals surface area (Å²) in [6, 6.07) is 0.756. The molecule has 0 atom stereocenters. The standard InChI is InChI=1S/C9H13F3N2O/c1-4-15-8-5-7(9(10,11)12)13-14(8)6(2)3/h5-6H,4H2,1-3H3. The van der Waals surface area contributed by atoms with Crippen molar-refractivity contribution < 1.29 is 17.9 Å². The van der Waals surface area contributed by atoms with Gasteiger partial charge in [0.15, 0.2) is 5.69 Å². The molecule has 0 aliphatic heterocycles. The van der Waals surface area contributed by atoms with E-state index in [0.717, 1.165) is 6.07 Å². The van der Waals surface area contributed by atoms with E-state index in [1.807, 2.05) is 0 Å². The molecule has 15 heavy (non-hydrogen) atoms. The van der Waals surface area contributed by atoms with E-state index in [2.05, 4.69) is 5.10 Å². The second-order valence-corrected chi connectivity index (χ2v) is 3.34. The molecule has 0 aliphatic carbocycles. The van der Waals surface area contributed by atoms with Crippen molar-refractivity contribution in [1.29, 1.82) is 0 Å². The van der Waals surface area contributed by atoms with Crippen LogP contribution in [0.2, 0.25) is 0 Å². The number of ether oxygens (including phenoxy) is 1. The molecule has 86 valence electrons. The summed E-state index contributed by atoms with van der Waals surface area (Å²) >= 11 is 0. The fraction of sp³-hybridized carbons (Fsp3) is 0.667. The van der Waals surface area contributed by atoms with Gasteiger partial charge in [-0.2, -0.15) is 18.3 Å². The highest BCUT2D eigenvalue weighted by Crippen LogP contribution is 2.31. The second-order valence-electron chi connectivity index (χ2n) is 3.34. The first-order valence-corrected chi connectivity index (χ1v) is 4.65. The molecule has 0 fully saturated rings. The van der Waals surface area contributed by atoms with Crippen LogP contribution in [0.5, 0.6) is 5.88 Å². The minimum atomic E-state index is -4.42. The van der Waals surface area contributed by atoms with E-state index >= 15 is 0 Å². The molecule has 6 heteroatoms. The quantitative estimate of drug-likeness (QED) is 0.786. The van der Waals surface area contributed by atoms with Crippen molar-refractivity contribution in [2.45, 2.75) is 33.0 Å². The van der Waals surface area contributed by atoms with Crippen molar-refractivity contribution in [3.8, 4) is 5.88 Å². The van der Waals surface area contributed by atoms with Gasteiger partial charge in [-0.3, -0.25) is 0 Å². The molecule has 1 aromatic rings. The maximum atomic E-state index is 12.4. The fourth-order valence-corrected chi connectivity index (χ4v) is 1.14. The predicted octanol–water partition coefficient (Wildman–Crippen LogP) is 2.88. The Morgan fingerprint density at radius 1 is 1.47 bits per heavy atom. The fourth-order valence-electron chi connectivity index (χ4n) is 1.14. The SMILES string of the molecule is CCOc1cc(C(F)(F)F)nn1C(C)C. The molecule has 0 saturated heterocycles. The number of nitrogens with zero attached hydrogens (tertiary/aromatic N) is 2. The Morgan fingerprint density at radius 2 is 2.07 bits per heavy atom. The Balaban J connectivity index is 3.09. The van der Waals surface area contributed by atoms with Crippen molar-refractivity contribution >= 4 is 0 Å². The molecular formula is C9H13F3N2O. The number of halogens is 3. The van der Waals surface area contributed by atoms with Gasteiger partial charge in [0.25, 0.3) is 0 Å². The molecule has 0 N–H and O–H groups in total. The van der Waals surface area contributed by atoms with Gasteiger partial charge in [0, 0.05) is 6.07 Å². The first-order valence-electron chi connectivity index (χ1n) is 4.65. The average Bonchev–Trinajstić information content (AvgIpc) is 2.48. The summed E-state index contributed by atoms with van der Waals surface area (Å²) < 4.78 is 43.4. The zero-order chi connectivity index (χ0) is 11.6. The van der Waals surface area contributed by atoms with Crippen molar-refractivity contribution in [1.82, 2.24) is 9.78 Å². The van der Waals surface area contributed by atoms with Gasteiger partial charge in [0.1, 0.15) is 0 Å². The third kappa shape index (κ3) is 2.64. The smallest absolute Gasteiger partial charge is 0.435 e. The van der Waals surface area contributed by atoms with Gasteiger partial charge in [0.2, 0.25) is 5.88 Å². The Hall–Kier alpha value is -1.20. The van der Waals surface area contributed by atoms with Crippen LogP contribution < -0.4 is 4.74 Å². The highest BCUT2D eigenvalue weighted by molar-refractivity contribution is 5.19. The van der Waals surface area contributed by atoms with Gasteiger partial charge in [-0.1, -0.05) is 0 Å². The lowest BCUT2D eigenvalue weighted by Gasteiger charge is -2.10. The van der Waals surface area contributed by atoms with E-state index in [1.54, 1.807) is 20.8 Å².